The third kappa shape index (κ3) is 4.24. The summed E-state index contributed by atoms with van der Waals surface area (Å²) in [4.78, 5) is 5.55. The summed E-state index contributed by atoms with van der Waals surface area (Å²) in [6.07, 6.45) is 3.21. The molecule has 154 valence electrons. The predicted octanol–water partition coefficient (Wildman–Crippen LogP) is 6.07. The first-order valence-electron chi connectivity index (χ1n) is 9.65. The van der Waals surface area contributed by atoms with E-state index in [2.05, 4.69) is 22.2 Å². The summed E-state index contributed by atoms with van der Waals surface area (Å²) in [5.41, 5.74) is 2.78. The lowest BCUT2D eigenvalue weighted by atomic mass is 10.1. The summed E-state index contributed by atoms with van der Waals surface area (Å²) < 4.78 is 15.2. The fourth-order valence-electron chi connectivity index (χ4n) is 3.12. The molecule has 0 amide bonds. The van der Waals surface area contributed by atoms with Crippen LogP contribution in [0.3, 0.4) is 0 Å². The Kier molecular flexibility index (Phi) is 6.03. The third-order valence-corrected chi connectivity index (χ3v) is 5.67. The molecule has 0 spiro atoms. The zero-order chi connectivity index (χ0) is 22.5. The summed E-state index contributed by atoms with van der Waals surface area (Å²) in [5, 5.41) is 26.3. The summed E-state index contributed by atoms with van der Waals surface area (Å²) in [6, 6.07) is 21.4. The smallest absolute Gasteiger partial charge is 0.174 e. The molecule has 4 aromatic rings. The van der Waals surface area contributed by atoms with Gasteiger partial charge in [0.05, 0.1) is 11.3 Å². The van der Waals surface area contributed by atoms with Crippen molar-refractivity contribution in [3.63, 3.8) is 0 Å². The van der Waals surface area contributed by atoms with Crippen molar-refractivity contribution in [3.8, 4) is 17.8 Å². The van der Waals surface area contributed by atoms with E-state index in [1.165, 1.54) is 18.2 Å². The number of thiophene rings is 1. The second-order valence-corrected chi connectivity index (χ2v) is 7.80. The molecular formula is C25H16FN5S. The van der Waals surface area contributed by atoms with Crippen molar-refractivity contribution < 1.29 is 4.39 Å². The van der Waals surface area contributed by atoms with Crippen molar-refractivity contribution in [2.45, 2.75) is 6.92 Å². The van der Waals surface area contributed by atoms with Crippen LogP contribution in [0, 0.1) is 35.4 Å². The molecule has 4 rings (SSSR count). The number of aromatic nitrogens is 2. The van der Waals surface area contributed by atoms with E-state index < -0.39 is 5.82 Å². The first kappa shape index (κ1) is 20.9. The van der Waals surface area contributed by atoms with E-state index in [1.807, 2.05) is 48.7 Å². The van der Waals surface area contributed by atoms with E-state index in [0.29, 0.717) is 17.1 Å². The number of aliphatic imine (C=N–C) groups is 1. The Hall–Kier alpha value is -4.33. The van der Waals surface area contributed by atoms with Gasteiger partial charge in [0.1, 0.15) is 29.2 Å². The van der Waals surface area contributed by atoms with Crippen LogP contribution in [-0.4, -0.2) is 16.0 Å². The minimum Gasteiger partial charge on any atom is -0.234 e. The highest BCUT2D eigenvalue weighted by molar-refractivity contribution is 7.11. The fourth-order valence-corrected chi connectivity index (χ4v) is 3.91. The van der Waals surface area contributed by atoms with Crippen molar-refractivity contribution in [2.75, 3.05) is 0 Å². The van der Waals surface area contributed by atoms with Crippen LogP contribution in [0.25, 0.3) is 17.3 Å². The first-order chi connectivity index (χ1) is 15.6. The standard InChI is InChI=1S/C25H16FN5S/c1-17-10-11-32-23(17)16-29-25-22(15-28)24(30-31(25)21-8-3-2-4-9-21)19(14-27)12-18-6-5-7-20(26)13-18/h2-13,16H,1H3/b19-12+,29-16+. The Labute approximate surface area is 188 Å². The van der Waals surface area contributed by atoms with E-state index in [9.17, 15) is 14.9 Å². The van der Waals surface area contributed by atoms with Gasteiger partial charge in [0, 0.05) is 11.1 Å². The second-order valence-electron chi connectivity index (χ2n) is 6.86. The summed E-state index contributed by atoms with van der Waals surface area (Å²) in [7, 11) is 0. The van der Waals surface area contributed by atoms with Gasteiger partial charge >= 0.3 is 0 Å². The molecule has 0 saturated heterocycles. The monoisotopic (exact) mass is 437 g/mol. The Balaban J connectivity index is 1.91. The third-order valence-electron chi connectivity index (χ3n) is 4.71. The lowest BCUT2D eigenvalue weighted by Gasteiger charge is -2.03. The van der Waals surface area contributed by atoms with Crippen LogP contribution in [0.4, 0.5) is 10.2 Å². The Morgan fingerprint density at radius 3 is 2.59 bits per heavy atom. The van der Waals surface area contributed by atoms with E-state index >= 15 is 0 Å². The number of hydrogen-bond donors (Lipinski definition) is 0. The van der Waals surface area contributed by atoms with E-state index in [-0.39, 0.29) is 16.8 Å². The van der Waals surface area contributed by atoms with Gasteiger partial charge in [0.25, 0.3) is 0 Å². The Morgan fingerprint density at radius 2 is 1.94 bits per heavy atom. The van der Waals surface area contributed by atoms with Gasteiger partial charge in [-0.15, -0.1) is 11.3 Å². The number of nitrogens with zero attached hydrogens (tertiary/aromatic N) is 5. The molecule has 0 aliphatic heterocycles. The van der Waals surface area contributed by atoms with Gasteiger partial charge < -0.3 is 0 Å². The average molecular weight is 438 g/mol. The number of halogens is 1. The number of rotatable bonds is 5. The van der Waals surface area contributed by atoms with Gasteiger partial charge in [-0.25, -0.2) is 14.1 Å². The molecule has 0 N–H and O–H groups in total. The van der Waals surface area contributed by atoms with Gasteiger partial charge in [-0.3, -0.25) is 0 Å². The second kappa shape index (κ2) is 9.22. The van der Waals surface area contributed by atoms with E-state index in [4.69, 9.17) is 0 Å². The van der Waals surface area contributed by atoms with Gasteiger partial charge in [0.15, 0.2) is 5.82 Å². The lowest BCUT2D eigenvalue weighted by Crippen LogP contribution is -1.97. The van der Waals surface area contributed by atoms with Gasteiger partial charge in [-0.1, -0.05) is 30.3 Å². The molecule has 2 aromatic carbocycles. The number of hydrogen-bond acceptors (Lipinski definition) is 5. The minimum absolute atomic E-state index is 0.144. The van der Waals surface area contributed by atoms with Crippen molar-refractivity contribution in [1.29, 1.82) is 10.5 Å². The van der Waals surface area contributed by atoms with Crippen LogP contribution in [0.2, 0.25) is 0 Å². The number of para-hydroxylation sites is 1. The molecule has 0 bridgehead atoms. The maximum atomic E-state index is 13.6. The van der Waals surface area contributed by atoms with Crippen molar-refractivity contribution in [1.82, 2.24) is 9.78 Å². The molecule has 2 heterocycles. The largest absolute Gasteiger partial charge is 0.234 e. The van der Waals surface area contributed by atoms with Crippen LogP contribution in [-0.2, 0) is 0 Å². The highest BCUT2D eigenvalue weighted by Gasteiger charge is 2.21. The molecule has 5 nitrogen and oxygen atoms in total. The molecule has 0 saturated carbocycles. The number of aryl methyl sites for hydroxylation is 1. The van der Waals surface area contributed by atoms with Crippen molar-refractivity contribution in [2.24, 2.45) is 4.99 Å². The Bertz CT molecular complexity index is 1410. The van der Waals surface area contributed by atoms with Gasteiger partial charge in [0.2, 0.25) is 0 Å². The van der Waals surface area contributed by atoms with Crippen molar-refractivity contribution in [3.05, 3.63) is 99.1 Å². The maximum Gasteiger partial charge on any atom is 0.174 e. The molecule has 0 unspecified atom stereocenters. The van der Waals surface area contributed by atoms with E-state index in [0.717, 1.165) is 10.4 Å². The molecule has 0 aliphatic carbocycles. The molecule has 0 aliphatic rings. The molecular weight excluding hydrogens is 421 g/mol. The number of benzene rings is 2. The highest BCUT2D eigenvalue weighted by Crippen LogP contribution is 2.31. The molecule has 0 fully saturated rings. The quantitative estimate of drug-likeness (QED) is 0.281. The predicted molar refractivity (Wildman–Crippen MR) is 124 cm³/mol. The topological polar surface area (TPSA) is 77.8 Å². The number of allylic oxidation sites excluding steroid dienone is 1. The average Bonchev–Trinajstić information content (AvgIpc) is 3.39. The highest BCUT2D eigenvalue weighted by atomic mass is 32.1. The first-order valence-corrected chi connectivity index (χ1v) is 10.5. The summed E-state index contributed by atoms with van der Waals surface area (Å²) in [5.74, 6) is -0.0927. The lowest BCUT2D eigenvalue weighted by molar-refractivity contribution is 0.627. The minimum atomic E-state index is -0.414. The fraction of sp³-hybridized carbons (Fsp3) is 0.0400. The van der Waals surface area contributed by atoms with Crippen LogP contribution >= 0.6 is 11.3 Å². The zero-order valence-corrected chi connectivity index (χ0v) is 17.8. The van der Waals surface area contributed by atoms with Crippen LogP contribution in [0.15, 0.2) is 71.0 Å². The molecule has 2 aromatic heterocycles. The summed E-state index contributed by atoms with van der Waals surface area (Å²) >= 11 is 1.54. The van der Waals surface area contributed by atoms with Crippen LogP contribution in [0.1, 0.15) is 27.3 Å². The van der Waals surface area contributed by atoms with E-state index in [1.54, 1.807) is 34.4 Å². The molecule has 7 heteroatoms. The molecule has 32 heavy (non-hydrogen) atoms. The summed E-state index contributed by atoms with van der Waals surface area (Å²) in [6.45, 7) is 1.98. The normalized spacial score (nSPS) is 11.4. The molecule has 0 radical (unpaired) electrons. The SMILES string of the molecule is Cc1ccsc1/C=N/c1c(C#N)c(/C(C#N)=C/c2cccc(F)c2)nn1-c1ccccc1. The van der Waals surface area contributed by atoms with Gasteiger partial charge in [-0.05, 0) is 59.8 Å². The number of nitriles is 2. The molecule has 0 atom stereocenters. The van der Waals surface area contributed by atoms with Crippen LogP contribution < -0.4 is 0 Å². The maximum absolute atomic E-state index is 13.6. The zero-order valence-electron chi connectivity index (χ0n) is 17.0. The van der Waals surface area contributed by atoms with Crippen LogP contribution in [0.5, 0.6) is 0 Å². The van der Waals surface area contributed by atoms with Crippen molar-refractivity contribution >= 4 is 35.0 Å². The van der Waals surface area contributed by atoms with Gasteiger partial charge in [-0.2, -0.15) is 15.6 Å². The Morgan fingerprint density at radius 1 is 1.12 bits per heavy atom.